The Bertz CT molecular complexity index is 366. The second-order valence-corrected chi connectivity index (χ2v) is 6.34. The van der Waals surface area contributed by atoms with Crippen molar-refractivity contribution < 1.29 is 9.47 Å². The average molecular weight is 348 g/mol. The molecular weight excluding hydrogens is 328 g/mol. The molecule has 2 rings (SSSR count). The van der Waals surface area contributed by atoms with E-state index in [1.54, 1.807) is 6.08 Å². The Morgan fingerprint density at radius 3 is 2.95 bits per heavy atom. The van der Waals surface area contributed by atoms with Crippen LogP contribution in [0, 0.1) is 18.3 Å². The molecule has 0 aromatic heterocycles. The van der Waals surface area contributed by atoms with E-state index in [0.717, 1.165) is 24.6 Å². The van der Waals surface area contributed by atoms with Crippen LogP contribution in [0.25, 0.3) is 0 Å². The molecule has 0 N–H and O–H groups in total. The molecule has 0 aromatic carbocycles. The lowest BCUT2D eigenvalue weighted by atomic mass is 9.97. The molecule has 2 nitrogen and oxygen atoms in total. The van der Waals surface area contributed by atoms with Crippen LogP contribution in [0.1, 0.15) is 26.2 Å². The van der Waals surface area contributed by atoms with Gasteiger partial charge >= 0.3 is 0 Å². The molecular formula is C15H20BrClO2. The van der Waals surface area contributed by atoms with Gasteiger partial charge in [0.25, 0.3) is 0 Å². The van der Waals surface area contributed by atoms with Gasteiger partial charge in [0.05, 0.1) is 29.8 Å². The molecule has 4 heteroatoms. The highest BCUT2D eigenvalue weighted by atomic mass is 79.9. The summed E-state index contributed by atoms with van der Waals surface area (Å²) in [5, 5.41) is 0.876. The third kappa shape index (κ3) is 3.76. The van der Waals surface area contributed by atoms with Crippen molar-refractivity contribution in [1.82, 2.24) is 0 Å². The monoisotopic (exact) mass is 346 g/mol. The zero-order valence-corrected chi connectivity index (χ0v) is 13.4. The maximum atomic E-state index is 6.45. The highest BCUT2D eigenvalue weighted by Gasteiger charge is 2.51. The topological polar surface area (TPSA) is 21.8 Å². The number of hydrogen-bond acceptors (Lipinski definition) is 2. The van der Waals surface area contributed by atoms with Gasteiger partial charge in [0.2, 0.25) is 0 Å². The zero-order valence-electron chi connectivity index (χ0n) is 11.1. The number of fused-ring (bicyclic) bond motifs is 1. The third-order valence-corrected chi connectivity index (χ3v) is 5.10. The second-order valence-electron chi connectivity index (χ2n) is 5.13. The number of rotatable bonds is 5. The van der Waals surface area contributed by atoms with E-state index in [-0.39, 0.29) is 17.6 Å². The smallest absolute Gasteiger partial charge is 0.0903 e. The van der Waals surface area contributed by atoms with Crippen LogP contribution in [-0.4, -0.2) is 35.1 Å². The van der Waals surface area contributed by atoms with Crippen molar-refractivity contribution >= 4 is 27.5 Å². The van der Waals surface area contributed by atoms with Gasteiger partial charge in [-0.1, -0.05) is 34.9 Å². The van der Waals surface area contributed by atoms with Crippen LogP contribution in [0.4, 0.5) is 0 Å². The molecule has 106 valence electrons. The lowest BCUT2D eigenvalue weighted by molar-refractivity contribution is -0.0484. The Morgan fingerprint density at radius 2 is 2.32 bits per heavy atom. The van der Waals surface area contributed by atoms with Crippen molar-refractivity contribution in [3.63, 3.8) is 0 Å². The van der Waals surface area contributed by atoms with Gasteiger partial charge < -0.3 is 9.47 Å². The van der Waals surface area contributed by atoms with Gasteiger partial charge in [-0.05, 0) is 18.9 Å². The molecule has 2 fully saturated rings. The minimum Gasteiger partial charge on any atom is -0.373 e. The Morgan fingerprint density at radius 1 is 1.53 bits per heavy atom. The van der Waals surface area contributed by atoms with Gasteiger partial charge in [0, 0.05) is 17.7 Å². The highest BCUT2D eigenvalue weighted by molar-refractivity contribution is 9.09. The summed E-state index contributed by atoms with van der Waals surface area (Å²) >= 11 is 10.0. The lowest BCUT2D eigenvalue weighted by Crippen LogP contribution is -2.34. The fourth-order valence-corrected chi connectivity index (χ4v) is 3.83. The average Bonchev–Trinajstić information content (AvgIpc) is 3.16. The van der Waals surface area contributed by atoms with Crippen molar-refractivity contribution in [3.8, 4) is 12.3 Å². The molecule has 0 saturated carbocycles. The quantitative estimate of drug-likeness (QED) is 0.431. The molecule has 0 bridgehead atoms. The van der Waals surface area contributed by atoms with Crippen LogP contribution in [0.15, 0.2) is 12.2 Å². The fraction of sp³-hybridized carbons (Fsp3) is 0.733. The van der Waals surface area contributed by atoms with Crippen molar-refractivity contribution in [2.75, 3.05) is 5.33 Å². The molecule has 19 heavy (non-hydrogen) atoms. The van der Waals surface area contributed by atoms with Crippen molar-refractivity contribution in [3.05, 3.63) is 12.2 Å². The van der Waals surface area contributed by atoms with Gasteiger partial charge in [-0.25, -0.2) is 0 Å². The minimum atomic E-state index is -0.0439. The SMILES string of the molecule is C#C/C=C\C[C@@H](Cl)[C@@H]1C[C@@H]2O[C@@H]2[C@@H](CBr)[C@@H](CC)O1. The maximum absolute atomic E-state index is 6.45. The molecule has 2 aliphatic rings. The van der Waals surface area contributed by atoms with Crippen LogP contribution < -0.4 is 0 Å². The Kier molecular flexibility index (Phi) is 5.77. The third-order valence-electron chi connectivity index (χ3n) is 3.89. The first-order valence-corrected chi connectivity index (χ1v) is 8.39. The molecule has 0 radical (unpaired) electrons. The van der Waals surface area contributed by atoms with Crippen molar-refractivity contribution in [1.29, 1.82) is 0 Å². The molecule has 0 aliphatic carbocycles. The standard InChI is InChI=1S/C15H20BrClO2/c1-3-5-6-7-11(17)13-8-14-15(19-14)10(9-16)12(4-2)18-13/h1,5-6,10-15H,4,7-9H2,2H3/b6-5-/t10-,11+,12+,13-,14-,15+/m0/s1. The van der Waals surface area contributed by atoms with Gasteiger partial charge in [-0.3, -0.25) is 0 Å². The maximum Gasteiger partial charge on any atom is 0.0903 e. The molecule has 0 unspecified atom stereocenters. The van der Waals surface area contributed by atoms with E-state index in [0.29, 0.717) is 18.1 Å². The normalized spacial score (nSPS) is 39.4. The largest absolute Gasteiger partial charge is 0.373 e. The molecule has 2 saturated heterocycles. The first kappa shape index (κ1) is 15.4. The summed E-state index contributed by atoms with van der Waals surface area (Å²) in [6, 6.07) is 0. The number of ether oxygens (including phenoxy) is 2. The Balaban J connectivity index is 1.98. The van der Waals surface area contributed by atoms with Crippen LogP contribution in [0.2, 0.25) is 0 Å². The van der Waals surface area contributed by atoms with E-state index in [9.17, 15) is 0 Å². The van der Waals surface area contributed by atoms with Gasteiger partial charge in [0.15, 0.2) is 0 Å². The summed E-state index contributed by atoms with van der Waals surface area (Å²) in [6.45, 7) is 2.15. The molecule has 0 spiro atoms. The van der Waals surface area contributed by atoms with E-state index in [1.165, 1.54) is 0 Å². The number of allylic oxidation sites excluding steroid dienone is 2. The first-order chi connectivity index (χ1) is 9.21. The Labute approximate surface area is 129 Å². The van der Waals surface area contributed by atoms with Crippen molar-refractivity contribution in [2.45, 2.75) is 56.0 Å². The van der Waals surface area contributed by atoms with Crippen LogP contribution in [-0.2, 0) is 9.47 Å². The zero-order chi connectivity index (χ0) is 13.8. The summed E-state index contributed by atoms with van der Waals surface area (Å²) in [5.74, 6) is 2.92. The van der Waals surface area contributed by atoms with E-state index in [1.807, 2.05) is 6.08 Å². The fourth-order valence-electron chi connectivity index (χ4n) is 2.78. The number of alkyl halides is 2. The van der Waals surface area contributed by atoms with E-state index < -0.39 is 0 Å². The Hall–Kier alpha value is -0.0100. The molecule has 2 heterocycles. The van der Waals surface area contributed by atoms with Crippen LogP contribution >= 0.6 is 27.5 Å². The molecule has 6 atom stereocenters. The summed E-state index contributed by atoms with van der Waals surface area (Å²) in [4.78, 5) is 0. The summed E-state index contributed by atoms with van der Waals surface area (Å²) in [6.07, 6.45) is 12.4. The number of hydrogen-bond donors (Lipinski definition) is 0. The van der Waals surface area contributed by atoms with Gasteiger partial charge in [-0.15, -0.1) is 18.0 Å². The number of epoxide rings is 1. The minimum absolute atomic E-state index is 0.0439. The number of terminal acetylenes is 1. The highest BCUT2D eigenvalue weighted by Crippen LogP contribution is 2.42. The number of halogens is 2. The van der Waals surface area contributed by atoms with Crippen LogP contribution in [0.3, 0.4) is 0 Å². The second kappa shape index (κ2) is 7.13. The van der Waals surface area contributed by atoms with Crippen molar-refractivity contribution in [2.24, 2.45) is 5.92 Å². The van der Waals surface area contributed by atoms with E-state index >= 15 is 0 Å². The summed E-state index contributed by atoms with van der Waals surface area (Å²) in [5.41, 5.74) is 0. The van der Waals surface area contributed by atoms with Gasteiger partial charge in [-0.2, -0.15) is 0 Å². The molecule has 0 aromatic rings. The summed E-state index contributed by atoms with van der Waals surface area (Å²) in [7, 11) is 0. The molecule has 0 amide bonds. The van der Waals surface area contributed by atoms with Crippen LogP contribution in [0.5, 0.6) is 0 Å². The lowest BCUT2D eigenvalue weighted by Gasteiger charge is -2.28. The summed E-state index contributed by atoms with van der Waals surface area (Å²) < 4.78 is 12.0. The first-order valence-electron chi connectivity index (χ1n) is 6.83. The predicted octanol–water partition coefficient (Wildman–Crippen LogP) is 3.52. The van der Waals surface area contributed by atoms with E-state index in [2.05, 4.69) is 28.8 Å². The van der Waals surface area contributed by atoms with E-state index in [4.69, 9.17) is 27.5 Å². The molecule has 2 aliphatic heterocycles. The van der Waals surface area contributed by atoms with Gasteiger partial charge in [0.1, 0.15) is 0 Å². The predicted molar refractivity (Wildman–Crippen MR) is 81.7 cm³/mol.